The minimum Gasteiger partial charge on any atom is -0.356 e. The van der Waals surface area contributed by atoms with Crippen molar-refractivity contribution in [2.24, 2.45) is 0 Å². The fourth-order valence-electron chi connectivity index (χ4n) is 2.70. The Kier molecular flexibility index (Phi) is 4.23. The molecule has 0 aliphatic rings. The van der Waals surface area contributed by atoms with Gasteiger partial charge in [-0.1, -0.05) is 18.2 Å². The number of rotatable bonds is 6. The summed E-state index contributed by atoms with van der Waals surface area (Å²) in [6.07, 6.45) is 4.69. The van der Waals surface area contributed by atoms with Crippen molar-refractivity contribution in [2.45, 2.75) is 26.3 Å². The number of aromatic nitrogens is 3. The second-order valence-electron chi connectivity index (χ2n) is 5.42. The molecule has 2 heterocycles. The summed E-state index contributed by atoms with van der Waals surface area (Å²) in [5.41, 5.74) is 3.41. The van der Waals surface area contributed by atoms with E-state index in [9.17, 15) is 4.79 Å². The van der Waals surface area contributed by atoms with Crippen LogP contribution in [0.2, 0.25) is 0 Å². The Bertz CT molecular complexity index is 758. The molecule has 0 fully saturated rings. The van der Waals surface area contributed by atoms with Gasteiger partial charge in [-0.15, -0.1) is 0 Å². The summed E-state index contributed by atoms with van der Waals surface area (Å²) in [4.78, 5) is 18.9. The van der Waals surface area contributed by atoms with E-state index in [0.717, 1.165) is 12.1 Å². The van der Waals surface area contributed by atoms with Crippen LogP contribution >= 0.6 is 0 Å². The van der Waals surface area contributed by atoms with Crippen LogP contribution in [0.5, 0.6) is 0 Å². The van der Waals surface area contributed by atoms with Crippen LogP contribution in [0.25, 0.3) is 10.9 Å². The number of benzene rings is 1. The SMILES string of the molecule is Cc1cc2ccccc2n1CCC(=O)NCCc1cnc[nH]1. The van der Waals surface area contributed by atoms with Gasteiger partial charge in [0.05, 0.1) is 6.33 Å². The van der Waals surface area contributed by atoms with Crippen LogP contribution < -0.4 is 5.32 Å². The molecule has 1 aromatic carbocycles. The van der Waals surface area contributed by atoms with Crippen molar-refractivity contribution in [3.8, 4) is 0 Å². The maximum absolute atomic E-state index is 12.0. The number of H-pyrrole nitrogens is 1. The summed E-state index contributed by atoms with van der Waals surface area (Å²) >= 11 is 0. The van der Waals surface area contributed by atoms with Gasteiger partial charge in [0.2, 0.25) is 5.91 Å². The van der Waals surface area contributed by atoms with E-state index in [0.29, 0.717) is 19.5 Å². The zero-order chi connectivity index (χ0) is 15.4. The van der Waals surface area contributed by atoms with Crippen LogP contribution in [0, 0.1) is 6.92 Å². The lowest BCUT2D eigenvalue weighted by Crippen LogP contribution is -2.26. The van der Waals surface area contributed by atoms with E-state index in [1.54, 1.807) is 12.5 Å². The smallest absolute Gasteiger partial charge is 0.221 e. The number of nitrogens with zero attached hydrogens (tertiary/aromatic N) is 2. The van der Waals surface area contributed by atoms with E-state index >= 15 is 0 Å². The highest BCUT2D eigenvalue weighted by molar-refractivity contribution is 5.81. The van der Waals surface area contributed by atoms with Crippen LogP contribution in [0.4, 0.5) is 0 Å². The molecule has 5 nitrogen and oxygen atoms in total. The number of nitrogens with one attached hydrogen (secondary N) is 2. The molecule has 0 bridgehead atoms. The summed E-state index contributed by atoms with van der Waals surface area (Å²) in [7, 11) is 0. The van der Waals surface area contributed by atoms with Crippen LogP contribution in [-0.4, -0.2) is 27.0 Å². The molecule has 0 atom stereocenters. The molecule has 0 saturated carbocycles. The summed E-state index contributed by atoms with van der Waals surface area (Å²) in [5, 5.41) is 4.17. The fourth-order valence-corrected chi connectivity index (χ4v) is 2.70. The van der Waals surface area contributed by atoms with Crippen LogP contribution in [-0.2, 0) is 17.8 Å². The lowest BCUT2D eigenvalue weighted by Gasteiger charge is -2.09. The standard InChI is InChI=1S/C17H20N4O/c1-13-10-14-4-2-3-5-16(14)21(13)9-7-17(22)19-8-6-15-11-18-12-20-15/h2-5,10-12H,6-9H2,1H3,(H,18,20)(H,19,22). The first-order valence-corrected chi connectivity index (χ1v) is 7.53. The van der Waals surface area contributed by atoms with Crippen LogP contribution in [0.3, 0.4) is 0 Å². The maximum Gasteiger partial charge on any atom is 0.221 e. The van der Waals surface area contributed by atoms with Crippen molar-refractivity contribution in [3.63, 3.8) is 0 Å². The number of carbonyl (C=O) groups is 1. The average molecular weight is 296 g/mol. The van der Waals surface area contributed by atoms with Gasteiger partial charge in [-0.2, -0.15) is 0 Å². The minimum atomic E-state index is 0.0803. The summed E-state index contributed by atoms with van der Waals surface area (Å²) in [6.45, 7) is 3.41. The van der Waals surface area contributed by atoms with E-state index in [-0.39, 0.29) is 5.91 Å². The first-order valence-electron chi connectivity index (χ1n) is 7.53. The van der Waals surface area contributed by atoms with Gasteiger partial charge in [0, 0.05) is 49.0 Å². The van der Waals surface area contributed by atoms with Crippen LogP contribution in [0.15, 0.2) is 42.9 Å². The fraction of sp³-hybridized carbons (Fsp3) is 0.294. The monoisotopic (exact) mass is 296 g/mol. The van der Waals surface area contributed by atoms with Gasteiger partial charge in [0.15, 0.2) is 0 Å². The lowest BCUT2D eigenvalue weighted by atomic mass is 10.2. The van der Waals surface area contributed by atoms with E-state index in [4.69, 9.17) is 0 Å². The van der Waals surface area contributed by atoms with Gasteiger partial charge in [-0.3, -0.25) is 4.79 Å². The predicted molar refractivity (Wildman–Crippen MR) is 86.6 cm³/mol. The van der Waals surface area contributed by atoms with Gasteiger partial charge >= 0.3 is 0 Å². The molecule has 0 aliphatic carbocycles. The van der Waals surface area contributed by atoms with E-state index < -0.39 is 0 Å². The first-order chi connectivity index (χ1) is 10.7. The molecular formula is C17H20N4O. The maximum atomic E-state index is 12.0. The van der Waals surface area contributed by atoms with Crippen molar-refractivity contribution in [1.82, 2.24) is 19.9 Å². The van der Waals surface area contributed by atoms with E-state index in [1.807, 2.05) is 12.1 Å². The third-order valence-electron chi connectivity index (χ3n) is 3.85. The Morgan fingerprint density at radius 2 is 2.23 bits per heavy atom. The molecule has 22 heavy (non-hydrogen) atoms. The zero-order valence-corrected chi connectivity index (χ0v) is 12.7. The zero-order valence-electron chi connectivity index (χ0n) is 12.7. The quantitative estimate of drug-likeness (QED) is 0.734. The molecule has 2 aromatic heterocycles. The number of imidazole rings is 1. The van der Waals surface area contributed by atoms with E-state index in [1.165, 1.54) is 16.6 Å². The molecule has 0 unspecified atom stereocenters. The van der Waals surface area contributed by atoms with Crippen molar-refractivity contribution in [3.05, 3.63) is 54.2 Å². The first kappa shape index (κ1) is 14.4. The molecule has 1 amide bonds. The molecule has 2 N–H and O–H groups in total. The molecule has 5 heteroatoms. The normalized spacial score (nSPS) is 11.0. The molecule has 0 saturated heterocycles. The summed E-state index contributed by atoms with van der Waals surface area (Å²) in [5.74, 6) is 0.0803. The number of fused-ring (bicyclic) bond motifs is 1. The number of para-hydroxylation sites is 1. The van der Waals surface area contributed by atoms with Gasteiger partial charge in [0.25, 0.3) is 0 Å². The van der Waals surface area contributed by atoms with Crippen molar-refractivity contribution >= 4 is 16.8 Å². The van der Waals surface area contributed by atoms with Crippen molar-refractivity contribution in [1.29, 1.82) is 0 Å². The van der Waals surface area contributed by atoms with E-state index in [2.05, 4.69) is 45.0 Å². The molecule has 3 aromatic rings. The van der Waals surface area contributed by atoms with Gasteiger partial charge in [0.1, 0.15) is 0 Å². The van der Waals surface area contributed by atoms with Crippen molar-refractivity contribution < 1.29 is 4.79 Å². The Hall–Kier alpha value is -2.56. The molecule has 0 spiro atoms. The Balaban J connectivity index is 1.53. The summed E-state index contributed by atoms with van der Waals surface area (Å²) in [6, 6.07) is 10.4. The summed E-state index contributed by atoms with van der Waals surface area (Å²) < 4.78 is 2.20. The van der Waals surface area contributed by atoms with Gasteiger partial charge < -0.3 is 14.9 Å². The highest BCUT2D eigenvalue weighted by atomic mass is 16.1. The Morgan fingerprint density at radius 1 is 1.36 bits per heavy atom. The number of hydrogen-bond acceptors (Lipinski definition) is 2. The molecule has 114 valence electrons. The highest BCUT2D eigenvalue weighted by Gasteiger charge is 2.07. The predicted octanol–water partition coefficient (Wildman–Crippen LogP) is 2.42. The van der Waals surface area contributed by atoms with Gasteiger partial charge in [-0.25, -0.2) is 4.98 Å². The Morgan fingerprint density at radius 3 is 3.05 bits per heavy atom. The second-order valence-corrected chi connectivity index (χ2v) is 5.42. The van der Waals surface area contributed by atoms with Crippen molar-refractivity contribution in [2.75, 3.05) is 6.54 Å². The minimum absolute atomic E-state index is 0.0803. The third kappa shape index (κ3) is 3.19. The number of aromatic amines is 1. The Labute approximate surface area is 129 Å². The molecule has 0 aliphatic heterocycles. The van der Waals surface area contributed by atoms with Gasteiger partial charge in [-0.05, 0) is 24.4 Å². The average Bonchev–Trinajstić information content (AvgIpc) is 3.12. The highest BCUT2D eigenvalue weighted by Crippen LogP contribution is 2.19. The molecule has 0 radical (unpaired) electrons. The number of aryl methyl sites for hydroxylation is 2. The second kappa shape index (κ2) is 6.47. The topological polar surface area (TPSA) is 62.7 Å². The molecular weight excluding hydrogens is 276 g/mol. The number of hydrogen-bond donors (Lipinski definition) is 2. The third-order valence-corrected chi connectivity index (χ3v) is 3.85. The largest absolute Gasteiger partial charge is 0.356 e. The van der Waals surface area contributed by atoms with Crippen LogP contribution in [0.1, 0.15) is 17.8 Å². The number of amides is 1. The molecule has 3 rings (SSSR count). The number of carbonyl (C=O) groups excluding carboxylic acids is 1. The lowest BCUT2D eigenvalue weighted by molar-refractivity contribution is -0.121.